The Morgan fingerprint density at radius 3 is 1.61 bits per heavy atom. The maximum atomic E-state index is 5.51. The summed E-state index contributed by atoms with van der Waals surface area (Å²) in [6, 6.07) is 57.6. The maximum Gasteiger partial charge on any atom is 0.164 e. The zero-order valence-electron chi connectivity index (χ0n) is 33.8. The van der Waals surface area contributed by atoms with Gasteiger partial charge in [0.15, 0.2) is 17.5 Å². The quantitative estimate of drug-likeness (QED) is 0.169. The number of hydrogen-bond donors (Lipinski definition) is 0. The summed E-state index contributed by atoms with van der Waals surface area (Å²) in [6.07, 6.45) is 8.41. The molecule has 8 aromatic rings. The highest BCUT2D eigenvalue weighted by molar-refractivity contribution is 6.04. The minimum atomic E-state index is -0.257. The summed E-state index contributed by atoms with van der Waals surface area (Å²) in [5.41, 5.74) is 14.6. The molecular weight excluding hydrogens is 715 g/mol. The van der Waals surface area contributed by atoms with E-state index in [4.69, 9.17) is 15.0 Å². The number of aromatic nitrogens is 3. The van der Waals surface area contributed by atoms with Crippen LogP contribution in [0.1, 0.15) is 69.1 Å². The number of fused-ring (bicyclic) bond motifs is 4. The minimum Gasteiger partial charge on any atom is -0.208 e. The fourth-order valence-electron chi connectivity index (χ4n) is 12.4. The van der Waals surface area contributed by atoms with Crippen LogP contribution in [-0.4, -0.2) is 15.0 Å². The topological polar surface area (TPSA) is 38.7 Å². The predicted octanol–water partition coefficient (Wildman–Crippen LogP) is 14.1. The number of nitrogens with zero attached hydrogens (tertiary/aromatic N) is 3. The molecule has 1 aromatic heterocycles. The molecule has 4 bridgehead atoms. The highest BCUT2D eigenvalue weighted by Gasteiger charge is 2.51. The van der Waals surface area contributed by atoms with Gasteiger partial charge in [-0.3, -0.25) is 0 Å². The molecule has 0 radical (unpaired) electrons. The van der Waals surface area contributed by atoms with Gasteiger partial charge >= 0.3 is 0 Å². The van der Waals surface area contributed by atoms with Gasteiger partial charge in [0.05, 0.1) is 0 Å². The van der Waals surface area contributed by atoms with Crippen LogP contribution in [0.25, 0.3) is 78.3 Å². The van der Waals surface area contributed by atoms with Crippen molar-refractivity contribution in [1.82, 2.24) is 15.0 Å². The van der Waals surface area contributed by atoms with Crippen molar-refractivity contribution in [2.45, 2.75) is 63.2 Å². The van der Waals surface area contributed by atoms with E-state index in [1.54, 1.807) is 0 Å². The first-order valence-corrected chi connectivity index (χ1v) is 21.7. The third kappa shape index (κ3) is 5.58. The summed E-state index contributed by atoms with van der Waals surface area (Å²) in [5, 5.41) is 2.31. The molecule has 5 aliphatic carbocycles. The zero-order chi connectivity index (χ0) is 39.3. The molecule has 3 heteroatoms. The summed E-state index contributed by atoms with van der Waals surface area (Å²) in [6.45, 7) is 4.71. The fraction of sp³-hybridized carbons (Fsp3) is 0.232. The molecule has 0 unspecified atom stereocenters. The van der Waals surface area contributed by atoms with Crippen molar-refractivity contribution in [2.75, 3.05) is 0 Å². The van der Waals surface area contributed by atoms with Crippen molar-refractivity contribution in [3.05, 3.63) is 174 Å². The lowest BCUT2D eigenvalue weighted by Gasteiger charge is -2.57. The Morgan fingerprint density at radius 2 is 0.932 bits per heavy atom. The van der Waals surface area contributed by atoms with Gasteiger partial charge in [-0.25, -0.2) is 15.0 Å². The predicted molar refractivity (Wildman–Crippen MR) is 242 cm³/mol. The lowest BCUT2D eigenvalue weighted by Crippen LogP contribution is -2.48. The van der Waals surface area contributed by atoms with Crippen LogP contribution in [0, 0.1) is 17.8 Å². The van der Waals surface area contributed by atoms with Gasteiger partial charge in [0.2, 0.25) is 0 Å². The second-order valence-corrected chi connectivity index (χ2v) is 18.6. The number of hydrogen-bond acceptors (Lipinski definition) is 3. The first kappa shape index (κ1) is 34.8. The Kier molecular flexibility index (Phi) is 7.77. The van der Waals surface area contributed by atoms with E-state index in [0.717, 1.165) is 45.4 Å². The Hall–Kier alpha value is -6.19. The van der Waals surface area contributed by atoms with E-state index in [-0.39, 0.29) is 5.41 Å². The van der Waals surface area contributed by atoms with E-state index in [2.05, 4.69) is 172 Å². The van der Waals surface area contributed by atoms with E-state index >= 15 is 0 Å². The van der Waals surface area contributed by atoms with Gasteiger partial charge in [-0.05, 0) is 141 Å². The molecule has 0 amide bonds. The van der Waals surface area contributed by atoms with E-state index in [1.807, 2.05) is 0 Å². The normalized spacial score (nSPS) is 22.0. The van der Waals surface area contributed by atoms with Gasteiger partial charge in [0.25, 0.3) is 0 Å². The summed E-state index contributed by atoms with van der Waals surface area (Å²) >= 11 is 0. The standard InChI is InChI=1S/C56H47N3/c1-55(2)50-20-12-11-19-46(50)48-30-41(38-13-5-3-6-14-38)31-49(51(48)55)54-58-52(40-21-23-42(24-22-40)56-32-35-27-36(33-56)29-37(28-35)34-56)57-53(59-54)47-26-25-43(39-15-7-4-8-16-39)44-17-9-10-18-45(44)47/h3-26,30-31,35-37H,27-29,32-34H2,1-2H3. The van der Waals surface area contributed by atoms with Crippen LogP contribution in [-0.2, 0) is 10.8 Å². The highest BCUT2D eigenvalue weighted by atomic mass is 15.0. The average molecular weight is 762 g/mol. The van der Waals surface area contributed by atoms with E-state index in [0.29, 0.717) is 22.9 Å². The van der Waals surface area contributed by atoms with Crippen molar-refractivity contribution in [1.29, 1.82) is 0 Å². The van der Waals surface area contributed by atoms with Gasteiger partial charge in [-0.15, -0.1) is 0 Å². The Morgan fingerprint density at radius 1 is 0.407 bits per heavy atom. The monoisotopic (exact) mass is 761 g/mol. The molecule has 4 fully saturated rings. The van der Waals surface area contributed by atoms with Crippen LogP contribution in [0.15, 0.2) is 158 Å². The van der Waals surface area contributed by atoms with Crippen molar-refractivity contribution in [3.8, 4) is 67.5 Å². The number of benzene rings is 7. The molecular formula is C56H47N3. The molecule has 0 saturated heterocycles. The summed E-state index contributed by atoms with van der Waals surface area (Å²) < 4.78 is 0. The smallest absolute Gasteiger partial charge is 0.164 e. The molecule has 0 aliphatic heterocycles. The van der Waals surface area contributed by atoms with Crippen molar-refractivity contribution in [2.24, 2.45) is 17.8 Å². The molecule has 0 atom stereocenters. The fourth-order valence-corrected chi connectivity index (χ4v) is 12.4. The molecule has 13 rings (SSSR count). The Labute approximate surface area is 347 Å². The second kappa shape index (κ2) is 13.2. The van der Waals surface area contributed by atoms with Crippen LogP contribution in [0.4, 0.5) is 0 Å². The summed E-state index contributed by atoms with van der Waals surface area (Å²) in [7, 11) is 0. The second-order valence-electron chi connectivity index (χ2n) is 18.6. The van der Waals surface area contributed by atoms with Gasteiger partial charge in [0.1, 0.15) is 0 Å². The summed E-state index contributed by atoms with van der Waals surface area (Å²) in [5.74, 6) is 4.83. The van der Waals surface area contributed by atoms with Crippen LogP contribution in [0.2, 0.25) is 0 Å². The average Bonchev–Trinajstić information content (AvgIpc) is 3.51. The molecule has 286 valence electrons. The third-order valence-electron chi connectivity index (χ3n) is 14.7. The van der Waals surface area contributed by atoms with Crippen LogP contribution in [0.3, 0.4) is 0 Å². The molecule has 4 saturated carbocycles. The van der Waals surface area contributed by atoms with E-state index in [9.17, 15) is 0 Å². The SMILES string of the molecule is CC1(C)c2ccccc2-c2cc(-c3ccccc3)cc(-c3nc(-c4ccc(C56CC7CC(CC(C7)C5)C6)cc4)nc(-c4ccc(-c5ccccc5)c5ccccc45)n3)c21. The van der Waals surface area contributed by atoms with Crippen LogP contribution < -0.4 is 0 Å². The highest BCUT2D eigenvalue weighted by Crippen LogP contribution is 2.61. The van der Waals surface area contributed by atoms with Crippen molar-refractivity contribution in [3.63, 3.8) is 0 Å². The van der Waals surface area contributed by atoms with Gasteiger partial charge < -0.3 is 0 Å². The van der Waals surface area contributed by atoms with Gasteiger partial charge in [0, 0.05) is 22.1 Å². The zero-order valence-corrected chi connectivity index (χ0v) is 33.8. The molecule has 3 nitrogen and oxygen atoms in total. The number of rotatable bonds is 6. The molecule has 0 spiro atoms. The first-order chi connectivity index (χ1) is 28.9. The van der Waals surface area contributed by atoms with Gasteiger partial charge in [-0.2, -0.15) is 0 Å². The third-order valence-corrected chi connectivity index (χ3v) is 14.7. The first-order valence-electron chi connectivity index (χ1n) is 21.7. The largest absolute Gasteiger partial charge is 0.208 e. The molecule has 5 aliphatic rings. The lowest BCUT2D eigenvalue weighted by molar-refractivity contribution is -0.00518. The van der Waals surface area contributed by atoms with Crippen molar-refractivity contribution >= 4 is 10.8 Å². The van der Waals surface area contributed by atoms with E-state index < -0.39 is 0 Å². The molecule has 0 N–H and O–H groups in total. The molecule has 7 aromatic carbocycles. The Bertz CT molecular complexity index is 2890. The van der Waals surface area contributed by atoms with Crippen LogP contribution >= 0.6 is 0 Å². The van der Waals surface area contributed by atoms with E-state index in [1.165, 1.54) is 88.4 Å². The van der Waals surface area contributed by atoms with Gasteiger partial charge in [-0.1, -0.05) is 153 Å². The van der Waals surface area contributed by atoms with Crippen molar-refractivity contribution < 1.29 is 0 Å². The Balaban J connectivity index is 1.08. The lowest BCUT2D eigenvalue weighted by atomic mass is 9.48. The summed E-state index contributed by atoms with van der Waals surface area (Å²) in [4.78, 5) is 16.4. The minimum absolute atomic E-state index is 0.257. The van der Waals surface area contributed by atoms with Crippen LogP contribution in [0.5, 0.6) is 0 Å². The molecule has 59 heavy (non-hydrogen) atoms. The maximum absolute atomic E-state index is 5.51. The molecule has 1 heterocycles.